The number of carbonyl (C=O) groups excluding carboxylic acids is 2. The number of hydrogen-bond acceptors (Lipinski definition) is 6. The standard InChI is InChI=1S/C21H28ClN3O5/c1-28-17-5-4-15(22)14-16(17)21(29-12-13-30-21)6-2-3-9-25-10-7-20(8-11-25)18(26)23-19(27)24-20/h4-5,14H,2-3,6-13H2,1H3,(H2,23,24,26,27). The number of amides is 3. The van der Waals surface area contributed by atoms with Crippen LogP contribution < -0.4 is 15.4 Å². The molecular formula is C21H28ClN3O5. The molecule has 1 aromatic carbocycles. The minimum Gasteiger partial charge on any atom is -0.496 e. The predicted molar refractivity (Wildman–Crippen MR) is 111 cm³/mol. The lowest BCUT2D eigenvalue weighted by molar-refractivity contribution is -0.172. The van der Waals surface area contributed by atoms with Crippen LogP contribution in [0.3, 0.4) is 0 Å². The van der Waals surface area contributed by atoms with E-state index in [1.54, 1.807) is 13.2 Å². The first-order valence-corrected chi connectivity index (χ1v) is 10.8. The van der Waals surface area contributed by atoms with E-state index in [-0.39, 0.29) is 11.9 Å². The highest BCUT2D eigenvalue weighted by molar-refractivity contribution is 6.30. The number of urea groups is 1. The van der Waals surface area contributed by atoms with E-state index in [4.69, 9.17) is 25.8 Å². The van der Waals surface area contributed by atoms with E-state index in [0.29, 0.717) is 43.2 Å². The maximum absolute atomic E-state index is 12.1. The molecule has 4 rings (SSSR count). The average Bonchev–Trinajstić information content (AvgIpc) is 3.32. The van der Waals surface area contributed by atoms with Gasteiger partial charge in [0.15, 0.2) is 5.79 Å². The molecule has 0 saturated carbocycles. The lowest BCUT2D eigenvalue weighted by Crippen LogP contribution is -2.54. The van der Waals surface area contributed by atoms with Crippen LogP contribution in [-0.2, 0) is 20.1 Å². The normalized spacial score (nSPS) is 22.9. The van der Waals surface area contributed by atoms with Crippen molar-refractivity contribution in [1.82, 2.24) is 15.5 Å². The Morgan fingerprint density at radius 1 is 1.17 bits per heavy atom. The number of halogens is 1. The number of ether oxygens (including phenoxy) is 3. The van der Waals surface area contributed by atoms with Crippen molar-refractivity contribution >= 4 is 23.5 Å². The van der Waals surface area contributed by atoms with E-state index >= 15 is 0 Å². The fraction of sp³-hybridized carbons (Fsp3) is 0.619. The summed E-state index contributed by atoms with van der Waals surface area (Å²) in [6.45, 7) is 3.58. The van der Waals surface area contributed by atoms with Crippen molar-refractivity contribution in [3.05, 3.63) is 28.8 Å². The van der Waals surface area contributed by atoms with E-state index in [9.17, 15) is 9.59 Å². The van der Waals surface area contributed by atoms with Gasteiger partial charge in [0, 0.05) is 24.5 Å². The van der Waals surface area contributed by atoms with E-state index in [0.717, 1.165) is 38.0 Å². The van der Waals surface area contributed by atoms with Crippen molar-refractivity contribution in [2.75, 3.05) is 40.0 Å². The highest BCUT2D eigenvalue weighted by Crippen LogP contribution is 2.42. The number of hydrogen-bond donors (Lipinski definition) is 2. The summed E-state index contributed by atoms with van der Waals surface area (Å²) in [7, 11) is 1.63. The molecule has 9 heteroatoms. The topological polar surface area (TPSA) is 89.1 Å². The molecule has 30 heavy (non-hydrogen) atoms. The first-order chi connectivity index (χ1) is 14.5. The van der Waals surface area contributed by atoms with Crippen LogP contribution in [0.5, 0.6) is 5.75 Å². The number of imide groups is 1. The third kappa shape index (κ3) is 4.14. The summed E-state index contributed by atoms with van der Waals surface area (Å²) in [4.78, 5) is 25.9. The van der Waals surface area contributed by atoms with Gasteiger partial charge in [-0.1, -0.05) is 11.6 Å². The Balaban J connectivity index is 1.30. The summed E-state index contributed by atoms with van der Waals surface area (Å²) >= 11 is 6.22. The molecule has 2 N–H and O–H groups in total. The van der Waals surface area contributed by atoms with E-state index in [1.165, 1.54) is 0 Å². The summed E-state index contributed by atoms with van der Waals surface area (Å²) in [5.41, 5.74) is 0.115. The van der Waals surface area contributed by atoms with Gasteiger partial charge in [-0.15, -0.1) is 0 Å². The second-order valence-corrected chi connectivity index (χ2v) is 8.52. The lowest BCUT2D eigenvalue weighted by atomic mass is 9.87. The zero-order valence-corrected chi connectivity index (χ0v) is 17.9. The molecule has 1 spiro atoms. The largest absolute Gasteiger partial charge is 0.496 e. The average molecular weight is 438 g/mol. The first-order valence-electron chi connectivity index (χ1n) is 10.4. The van der Waals surface area contributed by atoms with Crippen molar-refractivity contribution in [2.45, 2.75) is 43.4 Å². The van der Waals surface area contributed by atoms with Gasteiger partial charge in [0.05, 0.1) is 25.9 Å². The van der Waals surface area contributed by atoms with Gasteiger partial charge in [-0.3, -0.25) is 10.1 Å². The summed E-state index contributed by atoms with van der Waals surface area (Å²) in [6.07, 6.45) is 3.87. The Hall–Kier alpha value is -1.87. The van der Waals surface area contributed by atoms with Gasteiger partial charge in [0.25, 0.3) is 5.91 Å². The summed E-state index contributed by atoms with van der Waals surface area (Å²) in [6, 6.07) is 5.11. The Morgan fingerprint density at radius 3 is 2.53 bits per heavy atom. The molecule has 0 bridgehead atoms. The molecule has 3 heterocycles. The first kappa shape index (κ1) is 21.4. The number of unbranched alkanes of at least 4 members (excludes halogenated alkanes) is 1. The molecule has 3 saturated heterocycles. The molecule has 3 fully saturated rings. The Labute approximate surface area is 181 Å². The van der Waals surface area contributed by atoms with Crippen molar-refractivity contribution < 1.29 is 23.8 Å². The van der Waals surface area contributed by atoms with Crippen LogP contribution in [-0.4, -0.2) is 62.3 Å². The van der Waals surface area contributed by atoms with E-state index < -0.39 is 11.3 Å². The van der Waals surface area contributed by atoms with Crippen LogP contribution in [0.1, 0.15) is 37.7 Å². The molecule has 0 radical (unpaired) electrons. The number of rotatable bonds is 7. The fourth-order valence-corrected chi connectivity index (χ4v) is 4.77. The van der Waals surface area contributed by atoms with Crippen LogP contribution in [0.15, 0.2) is 18.2 Å². The number of nitrogens with one attached hydrogen (secondary N) is 2. The summed E-state index contributed by atoms with van der Waals surface area (Å²) < 4.78 is 17.6. The van der Waals surface area contributed by atoms with Crippen molar-refractivity contribution in [3.8, 4) is 5.75 Å². The fourth-order valence-electron chi connectivity index (χ4n) is 4.60. The van der Waals surface area contributed by atoms with E-state index in [1.807, 2.05) is 12.1 Å². The quantitative estimate of drug-likeness (QED) is 0.503. The Kier molecular flexibility index (Phi) is 6.20. The Morgan fingerprint density at radius 2 is 1.90 bits per heavy atom. The molecule has 3 aliphatic rings. The highest BCUT2D eigenvalue weighted by Gasteiger charge is 2.47. The lowest BCUT2D eigenvalue weighted by Gasteiger charge is -2.37. The summed E-state index contributed by atoms with van der Waals surface area (Å²) in [5.74, 6) is -0.311. The molecule has 0 aromatic heterocycles. The van der Waals surface area contributed by atoms with Gasteiger partial charge >= 0.3 is 6.03 Å². The molecule has 164 valence electrons. The van der Waals surface area contributed by atoms with Crippen molar-refractivity contribution in [3.63, 3.8) is 0 Å². The SMILES string of the molecule is COc1ccc(Cl)cc1C1(CCCCN2CCC3(CC2)NC(=O)NC3=O)OCCO1. The van der Waals surface area contributed by atoms with Crippen molar-refractivity contribution in [2.24, 2.45) is 0 Å². The van der Waals surface area contributed by atoms with Gasteiger partial charge in [0.1, 0.15) is 11.3 Å². The number of likely N-dealkylation sites (tertiary alicyclic amines) is 1. The van der Waals surface area contributed by atoms with Gasteiger partial charge in [-0.05, 0) is 50.4 Å². The van der Waals surface area contributed by atoms with Crippen LogP contribution in [0, 0.1) is 0 Å². The maximum atomic E-state index is 12.1. The summed E-state index contributed by atoms with van der Waals surface area (Å²) in [5, 5.41) is 5.77. The maximum Gasteiger partial charge on any atom is 0.322 e. The third-order valence-electron chi connectivity index (χ3n) is 6.28. The van der Waals surface area contributed by atoms with E-state index in [2.05, 4.69) is 15.5 Å². The number of piperidine rings is 1. The van der Waals surface area contributed by atoms with Gasteiger partial charge in [-0.2, -0.15) is 0 Å². The minimum atomic E-state index is -0.825. The Bertz CT molecular complexity index is 804. The van der Waals surface area contributed by atoms with Crippen LogP contribution in [0.2, 0.25) is 5.02 Å². The predicted octanol–water partition coefficient (Wildman–Crippen LogP) is 2.39. The minimum absolute atomic E-state index is 0.194. The zero-order chi connectivity index (χ0) is 21.2. The molecule has 8 nitrogen and oxygen atoms in total. The number of methoxy groups -OCH3 is 1. The second-order valence-electron chi connectivity index (χ2n) is 8.08. The van der Waals surface area contributed by atoms with Crippen LogP contribution in [0.4, 0.5) is 4.79 Å². The smallest absolute Gasteiger partial charge is 0.322 e. The third-order valence-corrected chi connectivity index (χ3v) is 6.52. The van der Waals surface area contributed by atoms with Gasteiger partial charge in [-0.25, -0.2) is 4.79 Å². The monoisotopic (exact) mass is 437 g/mol. The molecule has 0 unspecified atom stereocenters. The van der Waals surface area contributed by atoms with Gasteiger partial charge < -0.3 is 24.4 Å². The zero-order valence-electron chi connectivity index (χ0n) is 17.2. The number of nitrogens with zero attached hydrogens (tertiary/aromatic N) is 1. The number of benzene rings is 1. The molecular weight excluding hydrogens is 410 g/mol. The van der Waals surface area contributed by atoms with Crippen LogP contribution >= 0.6 is 11.6 Å². The second kappa shape index (κ2) is 8.70. The molecule has 3 aliphatic heterocycles. The van der Waals surface area contributed by atoms with Crippen molar-refractivity contribution in [1.29, 1.82) is 0 Å². The van der Waals surface area contributed by atoms with Crippen LogP contribution in [0.25, 0.3) is 0 Å². The highest BCUT2D eigenvalue weighted by atomic mass is 35.5. The number of carbonyl (C=O) groups is 2. The molecule has 0 aliphatic carbocycles. The van der Waals surface area contributed by atoms with Gasteiger partial charge in [0.2, 0.25) is 0 Å². The molecule has 1 aromatic rings. The molecule has 3 amide bonds. The molecule has 0 atom stereocenters.